The highest BCUT2D eigenvalue weighted by atomic mass is 19.1. The summed E-state index contributed by atoms with van der Waals surface area (Å²) in [5, 5.41) is 8.92. The maximum atomic E-state index is 13.3. The summed E-state index contributed by atoms with van der Waals surface area (Å²) in [6, 6.07) is 12.2. The van der Waals surface area contributed by atoms with E-state index in [1.54, 1.807) is 30.3 Å². The van der Waals surface area contributed by atoms with E-state index in [0.29, 0.717) is 22.5 Å². The second kappa shape index (κ2) is 7.17. The van der Waals surface area contributed by atoms with Gasteiger partial charge in [-0.15, -0.1) is 0 Å². The number of nitrogens with two attached hydrogens (primary N) is 1. The van der Waals surface area contributed by atoms with Crippen LogP contribution < -0.4 is 5.73 Å². The number of allylic oxidation sites excluding steroid dienone is 1. The van der Waals surface area contributed by atoms with Crippen molar-refractivity contribution >= 4 is 17.4 Å². The lowest BCUT2D eigenvalue weighted by Gasteiger charge is -2.06. The zero-order valence-electron chi connectivity index (χ0n) is 12.2. The molecule has 0 heterocycles. The molecule has 0 atom stereocenters. The van der Waals surface area contributed by atoms with Gasteiger partial charge in [0.1, 0.15) is 5.82 Å². The summed E-state index contributed by atoms with van der Waals surface area (Å²) in [4.78, 5) is 15.3. The lowest BCUT2D eigenvalue weighted by atomic mass is 10.1. The minimum atomic E-state index is -1.01. The number of nitrogens with zero attached hydrogens (tertiary/aromatic N) is 1. The molecule has 0 saturated heterocycles. The number of carboxylic acid groups (broad SMARTS) is 1. The average Bonchev–Trinajstić information content (AvgIpc) is 2.54. The van der Waals surface area contributed by atoms with Crippen molar-refractivity contribution in [3.63, 3.8) is 0 Å². The molecule has 0 aliphatic rings. The summed E-state index contributed by atoms with van der Waals surface area (Å²) in [6.07, 6.45) is 2.89. The van der Waals surface area contributed by atoms with E-state index in [0.717, 1.165) is 0 Å². The van der Waals surface area contributed by atoms with Gasteiger partial charge < -0.3 is 10.8 Å². The summed E-state index contributed by atoms with van der Waals surface area (Å²) >= 11 is 0. The Morgan fingerprint density at radius 2 is 1.78 bits per heavy atom. The van der Waals surface area contributed by atoms with Crippen LogP contribution in [0.2, 0.25) is 0 Å². The lowest BCUT2D eigenvalue weighted by Crippen LogP contribution is -2.01. The molecule has 0 radical (unpaired) electrons. The van der Waals surface area contributed by atoms with Gasteiger partial charge in [0.25, 0.3) is 0 Å². The maximum Gasteiger partial charge on any atom is 0.335 e. The molecule has 3 N–H and O–H groups in total. The number of carbonyl (C=O) groups is 1. The second-order valence-corrected chi connectivity index (χ2v) is 4.70. The van der Waals surface area contributed by atoms with Gasteiger partial charge in [0.05, 0.1) is 17.0 Å². The van der Waals surface area contributed by atoms with Crippen molar-refractivity contribution in [3.05, 3.63) is 89.9 Å². The second-order valence-electron chi connectivity index (χ2n) is 4.70. The molecule has 0 aromatic heterocycles. The Kier molecular flexibility index (Phi) is 5.04. The van der Waals surface area contributed by atoms with E-state index in [-0.39, 0.29) is 11.4 Å². The van der Waals surface area contributed by atoms with Gasteiger partial charge in [0, 0.05) is 11.1 Å². The topological polar surface area (TPSA) is 75.7 Å². The molecule has 0 bridgehead atoms. The van der Waals surface area contributed by atoms with Gasteiger partial charge in [-0.05, 0) is 36.5 Å². The van der Waals surface area contributed by atoms with E-state index in [4.69, 9.17) is 10.8 Å². The van der Waals surface area contributed by atoms with Gasteiger partial charge in [-0.1, -0.05) is 30.8 Å². The number of aromatic carboxylic acids is 1. The minimum Gasteiger partial charge on any atom is -0.478 e. The molecular formula is C18H15FN2O2. The first-order valence-electron chi connectivity index (χ1n) is 6.77. The Labute approximate surface area is 133 Å². The van der Waals surface area contributed by atoms with Gasteiger partial charge >= 0.3 is 5.97 Å². The first kappa shape index (κ1) is 16.2. The third-order valence-corrected chi connectivity index (χ3v) is 3.09. The Morgan fingerprint density at radius 1 is 1.13 bits per heavy atom. The van der Waals surface area contributed by atoms with Crippen molar-refractivity contribution < 1.29 is 14.3 Å². The van der Waals surface area contributed by atoms with Crippen LogP contribution in [0.3, 0.4) is 0 Å². The van der Waals surface area contributed by atoms with Crippen LogP contribution in [0.1, 0.15) is 21.5 Å². The van der Waals surface area contributed by atoms with Crippen LogP contribution in [0.5, 0.6) is 0 Å². The minimum absolute atomic E-state index is 0.175. The molecule has 2 aromatic carbocycles. The molecule has 116 valence electrons. The fraction of sp³-hybridized carbons (Fsp3) is 0. The van der Waals surface area contributed by atoms with Gasteiger partial charge in [-0.2, -0.15) is 0 Å². The molecule has 0 aliphatic carbocycles. The number of hydrogen-bond acceptors (Lipinski definition) is 3. The number of aliphatic imine (C=N–C) groups is 1. The third-order valence-electron chi connectivity index (χ3n) is 3.09. The van der Waals surface area contributed by atoms with Crippen molar-refractivity contribution in [3.8, 4) is 0 Å². The monoisotopic (exact) mass is 310 g/mol. The maximum absolute atomic E-state index is 13.3. The van der Waals surface area contributed by atoms with E-state index in [1.165, 1.54) is 30.5 Å². The summed E-state index contributed by atoms with van der Waals surface area (Å²) in [6.45, 7) is 3.84. The molecule has 4 nitrogen and oxygen atoms in total. The number of rotatable bonds is 5. The van der Waals surface area contributed by atoms with Gasteiger partial charge in [-0.25, -0.2) is 14.2 Å². The Balaban J connectivity index is 2.37. The van der Waals surface area contributed by atoms with Crippen molar-refractivity contribution in [1.82, 2.24) is 0 Å². The zero-order valence-corrected chi connectivity index (χ0v) is 12.2. The quantitative estimate of drug-likeness (QED) is 0.830. The Morgan fingerprint density at radius 3 is 2.35 bits per heavy atom. The van der Waals surface area contributed by atoms with E-state index in [9.17, 15) is 9.18 Å². The van der Waals surface area contributed by atoms with Gasteiger partial charge in [-0.3, -0.25) is 0 Å². The highest BCUT2D eigenvalue weighted by Gasteiger charge is 2.06. The van der Waals surface area contributed by atoms with Crippen LogP contribution in [0.25, 0.3) is 5.70 Å². The first-order chi connectivity index (χ1) is 11.0. The first-order valence-corrected chi connectivity index (χ1v) is 6.77. The van der Waals surface area contributed by atoms with E-state index in [2.05, 4.69) is 11.6 Å². The number of hydrogen-bond donors (Lipinski definition) is 2. The van der Waals surface area contributed by atoms with Crippen LogP contribution in [0, 0.1) is 5.82 Å². The number of carboxylic acids is 1. The normalized spacial score (nSPS) is 11.6. The predicted molar refractivity (Wildman–Crippen MR) is 88.7 cm³/mol. The van der Waals surface area contributed by atoms with Crippen molar-refractivity contribution in [1.29, 1.82) is 0 Å². The molecule has 0 unspecified atom stereocenters. The van der Waals surface area contributed by atoms with E-state index in [1.807, 2.05) is 0 Å². The number of benzene rings is 2. The molecule has 0 spiro atoms. The van der Waals surface area contributed by atoms with Crippen LogP contribution in [-0.2, 0) is 0 Å². The van der Waals surface area contributed by atoms with Crippen LogP contribution >= 0.6 is 0 Å². The Hall–Kier alpha value is -3.21. The van der Waals surface area contributed by atoms with Crippen molar-refractivity contribution in [2.45, 2.75) is 0 Å². The highest BCUT2D eigenvalue weighted by Crippen LogP contribution is 2.17. The molecule has 0 saturated carbocycles. The molecule has 0 aliphatic heterocycles. The lowest BCUT2D eigenvalue weighted by molar-refractivity contribution is 0.0697. The molecule has 0 fully saturated rings. The summed E-state index contributed by atoms with van der Waals surface area (Å²) < 4.78 is 13.3. The Bertz CT molecular complexity index is 793. The largest absolute Gasteiger partial charge is 0.478 e. The highest BCUT2D eigenvalue weighted by molar-refractivity contribution is 6.11. The van der Waals surface area contributed by atoms with E-state index < -0.39 is 5.97 Å². The van der Waals surface area contributed by atoms with E-state index >= 15 is 0 Å². The fourth-order valence-electron chi connectivity index (χ4n) is 1.95. The predicted octanol–water partition coefficient (Wildman–Crippen LogP) is 3.46. The fourth-order valence-corrected chi connectivity index (χ4v) is 1.95. The summed E-state index contributed by atoms with van der Waals surface area (Å²) in [7, 11) is 0. The SMILES string of the molecule is C=C(/N=C(\C=C/N)c1ccc(C(=O)O)cc1)c1cccc(F)c1. The standard InChI is InChI=1S/C18H15FN2O2/c1-12(15-3-2-4-16(19)11-15)21-17(9-10-20)13-5-7-14(8-6-13)18(22)23/h2-11H,1,20H2,(H,22,23)/b10-9-,21-17+. The van der Waals surface area contributed by atoms with Crippen LogP contribution in [0.4, 0.5) is 4.39 Å². The molecule has 2 aromatic rings. The van der Waals surface area contributed by atoms with Crippen LogP contribution in [-0.4, -0.2) is 16.8 Å². The molecule has 2 rings (SSSR count). The van der Waals surface area contributed by atoms with Crippen LogP contribution in [0.15, 0.2) is 72.4 Å². The molecular weight excluding hydrogens is 295 g/mol. The van der Waals surface area contributed by atoms with Crippen molar-refractivity contribution in [2.75, 3.05) is 0 Å². The summed E-state index contributed by atoms with van der Waals surface area (Å²) in [5.74, 6) is -1.38. The smallest absolute Gasteiger partial charge is 0.335 e. The van der Waals surface area contributed by atoms with Gasteiger partial charge in [0.2, 0.25) is 0 Å². The summed E-state index contributed by atoms with van der Waals surface area (Å²) in [5.41, 5.74) is 7.71. The van der Waals surface area contributed by atoms with Crippen molar-refractivity contribution in [2.24, 2.45) is 10.7 Å². The van der Waals surface area contributed by atoms with Gasteiger partial charge in [0.15, 0.2) is 0 Å². The average molecular weight is 310 g/mol. The molecule has 23 heavy (non-hydrogen) atoms. The molecule has 0 amide bonds. The molecule has 5 heteroatoms. The third kappa shape index (κ3) is 4.14. The zero-order chi connectivity index (χ0) is 16.8. The number of halogens is 1.